The number of hydrogen-bond acceptors (Lipinski definition) is 1. The lowest BCUT2D eigenvalue weighted by Gasteiger charge is -2.31. The molecule has 1 heteroatoms. The maximum absolute atomic E-state index is 9.93. The summed E-state index contributed by atoms with van der Waals surface area (Å²) in [4.78, 5) is 0. The average Bonchev–Trinajstić information content (AvgIpc) is 2.05. The second-order valence-electron chi connectivity index (χ2n) is 4.34. The molecule has 0 aliphatic heterocycles. The van der Waals surface area contributed by atoms with Gasteiger partial charge >= 0.3 is 0 Å². The predicted molar refractivity (Wildman–Crippen MR) is 38.4 cm³/mol. The molecule has 2 saturated carbocycles. The molecule has 3 unspecified atom stereocenters. The third-order valence-electron chi connectivity index (χ3n) is 4.23. The quantitative estimate of drug-likeness (QED) is 0.498. The third-order valence-corrected chi connectivity index (χ3v) is 4.23. The van der Waals surface area contributed by atoms with Crippen molar-refractivity contribution in [1.82, 2.24) is 0 Å². The monoisotopic (exact) mass is 136 g/mol. The molecule has 0 radical (unpaired) electrons. The van der Waals surface area contributed by atoms with Crippen molar-refractivity contribution in [1.29, 1.82) is 0 Å². The first kappa shape index (κ1) is 5.36. The fourth-order valence-corrected chi connectivity index (χ4v) is 3.37. The fourth-order valence-electron chi connectivity index (χ4n) is 3.37. The van der Waals surface area contributed by atoms with Gasteiger partial charge in [-0.2, -0.15) is 0 Å². The van der Waals surface area contributed by atoms with Crippen molar-refractivity contribution in [2.24, 2.45) is 17.3 Å². The summed E-state index contributed by atoms with van der Waals surface area (Å²) in [7, 11) is 0. The van der Waals surface area contributed by atoms with Crippen LogP contribution in [0.5, 0.6) is 0 Å². The lowest BCUT2D eigenvalue weighted by atomic mass is 9.72. The Morgan fingerprint density at radius 3 is 2.60 bits per heavy atom. The Morgan fingerprint density at radius 2 is 2.40 bits per heavy atom. The Morgan fingerprint density at radius 1 is 1.70 bits per heavy atom. The molecule has 1 N–H and O–H groups in total. The van der Waals surface area contributed by atoms with E-state index < -0.39 is 0 Å². The number of rotatable bonds is 0. The molecule has 3 aliphatic rings. The Labute approximate surface area is 60.7 Å². The normalized spacial score (nSPS) is 68.5. The molecule has 0 aromatic heterocycles. The fraction of sp³-hybridized carbons (Fsp3) is 0.778. The van der Waals surface area contributed by atoms with Crippen molar-refractivity contribution in [3.8, 4) is 0 Å². The van der Waals surface area contributed by atoms with Gasteiger partial charge in [-0.05, 0) is 19.3 Å². The van der Waals surface area contributed by atoms with Gasteiger partial charge in [-0.3, -0.25) is 0 Å². The maximum Gasteiger partial charge on any atom is 0.0927 e. The summed E-state index contributed by atoms with van der Waals surface area (Å²) in [5.74, 6) is 1.34. The Kier molecular flexibility index (Phi) is 0.537. The van der Waals surface area contributed by atoms with Gasteiger partial charge in [-0.1, -0.05) is 18.6 Å². The molecule has 3 aliphatic carbocycles. The van der Waals surface area contributed by atoms with Crippen LogP contribution in [0, 0.1) is 17.3 Å². The minimum atomic E-state index is -0.359. The molecule has 0 saturated heterocycles. The van der Waals surface area contributed by atoms with Crippen molar-refractivity contribution >= 4 is 0 Å². The molecular weight excluding hydrogens is 124 g/mol. The van der Waals surface area contributed by atoms with Crippen molar-refractivity contribution in [3.63, 3.8) is 0 Å². The molecule has 10 heavy (non-hydrogen) atoms. The topological polar surface area (TPSA) is 20.2 Å². The van der Waals surface area contributed by atoms with Crippen molar-refractivity contribution < 1.29 is 5.11 Å². The molecular formula is C9H12O. The predicted octanol–water partition coefficient (Wildman–Crippen LogP) is 1.33. The van der Waals surface area contributed by atoms with Crippen molar-refractivity contribution in [2.45, 2.75) is 25.9 Å². The zero-order valence-corrected chi connectivity index (χ0v) is 6.39. The van der Waals surface area contributed by atoms with Crippen LogP contribution >= 0.6 is 0 Å². The number of aliphatic hydroxyl groups is 1. The molecule has 0 heterocycles. The zero-order valence-electron chi connectivity index (χ0n) is 6.39. The summed E-state index contributed by atoms with van der Waals surface area (Å²) >= 11 is 0. The number of fused-ring (bicyclic) bond motifs is 1. The van der Waals surface area contributed by atoms with Gasteiger partial charge in [0.2, 0.25) is 0 Å². The van der Waals surface area contributed by atoms with Gasteiger partial charge in [0.25, 0.3) is 0 Å². The van der Waals surface area contributed by atoms with Crippen LogP contribution in [0.4, 0.5) is 0 Å². The summed E-state index contributed by atoms with van der Waals surface area (Å²) in [5.41, 5.74) is 1.35. The van der Waals surface area contributed by atoms with Crippen LogP contribution in [0.1, 0.15) is 20.3 Å². The first-order valence-corrected chi connectivity index (χ1v) is 4.02. The van der Waals surface area contributed by atoms with Gasteiger partial charge in [-0.25, -0.2) is 0 Å². The van der Waals surface area contributed by atoms with Gasteiger partial charge in [0.15, 0.2) is 0 Å². The number of hydrogen-bond donors (Lipinski definition) is 1. The summed E-state index contributed by atoms with van der Waals surface area (Å²) in [6.45, 7) is 4.37. The van der Waals surface area contributed by atoms with Gasteiger partial charge in [-0.15, -0.1) is 0 Å². The van der Waals surface area contributed by atoms with E-state index in [0.29, 0.717) is 5.92 Å². The molecule has 0 aromatic carbocycles. The molecule has 1 nitrogen and oxygen atoms in total. The highest BCUT2D eigenvalue weighted by Crippen LogP contribution is 2.83. The molecule has 2 fully saturated rings. The Hall–Kier alpha value is -0.300. The Bertz CT molecular complexity index is 255. The van der Waals surface area contributed by atoms with Crippen molar-refractivity contribution in [3.05, 3.63) is 11.6 Å². The van der Waals surface area contributed by atoms with Gasteiger partial charge in [0, 0.05) is 11.3 Å². The second kappa shape index (κ2) is 1.00. The lowest BCUT2D eigenvalue weighted by Crippen LogP contribution is -2.25. The number of allylic oxidation sites excluding steroid dienone is 1. The van der Waals surface area contributed by atoms with Gasteiger partial charge in [0.1, 0.15) is 0 Å². The smallest absolute Gasteiger partial charge is 0.0927 e. The SMILES string of the molecule is CC1=CC2(O)C3C[C@H]1C32C. The third kappa shape index (κ3) is 0.243. The van der Waals surface area contributed by atoms with E-state index in [0.717, 1.165) is 5.92 Å². The second-order valence-corrected chi connectivity index (χ2v) is 4.34. The standard InChI is InChI=1S/C9H12O/c1-5-4-9(10)7-3-6(5)8(7,9)2/h4,6-7,10H,3H2,1-2H3/t6-,7?,8?,9?/m1/s1. The summed E-state index contributed by atoms with van der Waals surface area (Å²) in [5, 5.41) is 9.93. The van der Waals surface area contributed by atoms with E-state index in [4.69, 9.17) is 0 Å². The highest BCUT2D eigenvalue weighted by atomic mass is 16.3. The highest BCUT2D eigenvalue weighted by Gasteiger charge is 2.84. The van der Waals surface area contributed by atoms with Crippen LogP contribution in [0.25, 0.3) is 0 Å². The molecule has 4 atom stereocenters. The van der Waals surface area contributed by atoms with Gasteiger partial charge in [0.05, 0.1) is 5.60 Å². The van der Waals surface area contributed by atoms with Gasteiger partial charge < -0.3 is 5.11 Å². The van der Waals surface area contributed by atoms with Crippen molar-refractivity contribution in [2.75, 3.05) is 0 Å². The van der Waals surface area contributed by atoms with Crippen LogP contribution in [-0.4, -0.2) is 10.7 Å². The molecule has 3 rings (SSSR count). The first-order valence-electron chi connectivity index (χ1n) is 4.02. The average molecular weight is 136 g/mol. The van der Waals surface area contributed by atoms with E-state index in [2.05, 4.69) is 19.9 Å². The summed E-state index contributed by atoms with van der Waals surface area (Å²) < 4.78 is 0. The summed E-state index contributed by atoms with van der Waals surface area (Å²) in [6, 6.07) is 0. The molecule has 0 bridgehead atoms. The van der Waals surface area contributed by atoms with E-state index in [9.17, 15) is 5.11 Å². The van der Waals surface area contributed by atoms with E-state index in [1.54, 1.807) is 0 Å². The van der Waals surface area contributed by atoms with Crippen LogP contribution < -0.4 is 0 Å². The minimum absolute atomic E-state index is 0.289. The van der Waals surface area contributed by atoms with Crippen LogP contribution in [0.2, 0.25) is 0 Å². The van der Waals surface area contributed by atoms with Crippen LogP contribution in [0.3, 0.4) is 0 Å². The molecule has 54 valence electrons. The first-order chi connectivity index (χ1) is 4.61. The molecule has 0 spiro atoms. The van der Waals surface area contributed by atoms with Crippen LogP contribution in [0.15, 0.2) is 11.6 Å². The lowest BCUT2D eigenvalue weighted by molar-refractivity contribution is 0.156. The van der Waals surface area contributed by atoms with E-state index >= 15 is 0 Å². The summed E-state index contributed by atoms with van der Waals surface area (Å²) in [6.07, 6.45) is 3.33. The zero-order chi connectivity index (χ0) is 7.15. The highest BCUT2D eigenvalue weighted by molar-refractivity contribution is 5.49. The van der Waals surface area contributed by atoms with E-state index in [-0.39, 0.29) is 11.0 Å². The van der Waals surface area contributed by atoms with E-state index in [1.165, 1.54) is 12.0 Å². The maximum atomic E-state index is 9.93. The largest absolute Gasteiger partial charge is 0.385 e. The van der Waals surface area contributed by atoms with Crippen LogP contribution in [-0.2, 0) is 0 Å². The Balaban J connectivity index is 2.19. The van der Waals surface area contributed by atoms with E-state index in [1.807, 2.05) is 0 Å². The molecule has 0 aromatic rings. The molecule has 0 amide bonds. The minimum Gasteiger partial charge on any atom is -0.385 e.